The number of alkyl halides is 2. The normalized spacial score (nSPS) is 12.8. The van der Waals surface area contributed by atoms with E-state index in [1.807, 2.05) is 12.1 Å². The van der Waals surface area contributed by atoms with Crippen molar-refractivity contribution in [3.63, 3.8) is 0 Å². The topological polar surface area (TPSA) is 9.23 Å². The van der Waals surface area contributed by atoms with Crippen LogP contribution < -0.4 is 25.9 Å². The fourth-order valence-corrected chi connectivity index (χ4v) is 3.43. The van der Waals surface area contributed by atoms with Crippen LogP contribution in [0.2, 0.25) is 0 Å². The van der Waals surface area contributed by atoms with Crippen LogP contribution in [0.25, 0.3) is 0 Å². The summed E-state index contributed by atoms with van der Waals surface area (Å²) in [5, 5.41) is 0. The molecule has 0 aliphatic rings. The van der Waals surface area contributed by atoms with Crippen LogP contribution in [-0.4, -0.2) is 11.5 Å². The maximum absolute atomic E-state index is 5.12. The minimum atomic E-state index is 0.331. The Balaban J connectivity index is 2.67. The second kappa shape index (κ2) is 5.47. The summed E-state index contributed by atoms with van der Waals surface area (Å²) in [6, 6.07) is 8.45. The van der Waals surface area contributed by atoms with E-state index >= 15 is 0 Å². The van der Waals surface area contributed by atoms with Gasteiger partial charge in [0.25, 0.3) is 0 Å². The first-order valence-corrected chi connectivity index (χ1v) is 7.26. The molecule has 0 unspecified atom stereocenters. The summed E-state index contributed by atoms with van der Waals surface area (Å²) in [5.41, 5.74) is 1.45. The van der Waals surface area contributed by atoms with E-state index in [1.54, 1.807) is 7.11 Å². The first-order valence-electron chi connectivity index (χ1n) is 4.49. The van der Waals surface area contributed by atoms with Crippen LogP contribution in [0.1, 0.15) is 23.3 Å². The van der Waals surface area contributed by atoms with Crippen LogP contribution in [-0.2, 0) is 0 Å². The van der Waals surface area contributed by atoms with Crippen LogP contribution in [0.3, 0.4) is 0 Å². The Labute approximate surface area is 90.8 Å². The molecule has 0 aromatic heterocycles. The molecule has 1 atom stereocenters. The van der Waals surface area contributed by atoms with Gasteiger partial charge in [0.1, 0.15) is 0 Å². The molecule has 0 fully saturated rings. The molecule has 13 heavy (non-hydrogen) atoms. The van der Waals surface area contributed by atoms with Crippen molar-refractivity contribution in [2.45, 2.75) is 17.8 Å². The molecule has 1 aromatic carbocycles. The average molecular weight is 291 g/mol. The van der Waals surface area contributed by atoms with Crippen molar-refractivity contribution in [2.24, 2.45) is 0 Å². The summed E-state index contributed by atoms with van der Waals surface area (Å²) in [7, 11) is 1.71. The molecule has 0 heterocycles. The van der Waals surface area contributed by atoms with Gasteiger partial charge in [-0.3, -0.25) is 0 Å². The van der Waals surface area contributed by atoms with E-state index in [0.29, 0.717) is 21.2 Å². The van der Waals surface area contributed by atoms with E-state index in [2.05, 4.69) is 26.0 Å². The van der Waals surface area contributed by atoms with Gasteiger partial charge in [-0.15, -0.1) is 0 Å². The van der Waals surface area contributed by atoms with Crippen LogP contribution >= 0.6 is 0 Å². The van der Waals surface area contributed by atoms with E-state index < -0.39 is 0 Å². The standard InChI is InChI=1S/C11H16IO/c1-4-12-9(2)10-5-7-11(13-3)8-6-10/h5-9H,4H2,1-3H3/q-1/t9-/m1/s1. The molecule has 1 aromatic rings. The zero-order valence-electron chi connectivity index (χ0n) is 8.38. The summed E-state index contributed by atoms with van der Waals surface area (Å²) in [4.78, 5) is 0. The van der Waals surface area contributed by atoms with Gasteiger partial charge in [-0.2, -0.15) is 0 Å². The van der Waals surface area contributed by atoms with Crippen molar-refractivity contribution < 1.29 is 25.9 Å². The van der Waals surface area contributed by atoms with Crippen LogP contribution in [0.5, 0.6) is 5.75 Å². The van der Waals surface area contributed by atoms with Crippen molar-refractivity contribution in [3.8, 4) is 5.75 Å². The Kier molecular flexibility index (Phi) is 4.56. The second-order valence-electron chi connectivity index (χ2n) is 2.81. The summed E-state index contributed by atoms with van der Waals surface area (Å²) >= 11 is 0.331. The van der Waals surface area contributed by atoms with Crippen molar-refractivity contribution in [3.05, 3.63) is 29.8 Å². The molecule has 0 aliphatic carbocycles. The molecule has 0 N–H and O–H groups in total. The molecule has 1 rings (SSSR count). The Morgan fingerprint density at radius 3 is 2.38 bits per heavy atom. The van der Waals surface area contributed by atoms with Gasteiger partial charge >= 0.3 is 90.8 Å². The third kappa shape index (κ3) is 3.18. The van der Waals surface area contributed by atoms with Gasteiger partial charge in [0.2, 0.25) is 0 Å². The number of rotatable bonds is 4. The maximum atomic E-state index is 5.12. The van der Waals surface area contributed by atoms with Gasteiger partial charge in [0.15, 0.2) is 0 Å². The zero-order chi connectivity index (χ0) is 9.68. The molecule has 0 aliphatic heterocycles. The molecule has 0 amide bonds. The van der Waals surface area contributed by atoms with Gasteiger partial charge < -0.3 is 0 Å². The van der Waals surface area contributed by atoms with E-state index in [1.165, 1.54) is 9.99 Å². The predicted molar refractivity (Wildman–Crippen MR) is 52.0 cm³/mol. The average Bonchev–Trinajstić information content (AvgIpc) is 2.18. The number of benzene rings is 1. The Morgan fingerprint density at radius 2 is 1.92 bits per heavy atom. The number of hydrogen-bond acceptors (Lipinski definition) is 1. The van der Waals surface area contributed by atoms with Crippen LogP contribution in [0.15, 0.2) is 24.3 Å². The van der Waals surface area contributed by atoms with Crippen molar-refractivity contribution in [1.29, 1.82) is 0 Å². The fraction of sp³-hybridized carbons (Fsp3) is 0.455. The van der Waals surface area contributed by atoms with E-state index in [0.717, 1.165) is 9.67 Å². The molecule has 0 spiro atoms. The van der Waals surface area contributed by atoms with Gasteiger partial charge in [-0.25, -0.2) is 0 Å². The number of halogens is 1. The minimum absolute atomic E-state index is 0.331. The molecule has 1 nitrogen and oxygen atoms in total. The first-order chi connectivity index (χ1) is 6.27. The van der Waals surface area contributed by atoms with Gasteiger partial charge in [-0.05, 0) is 0 Å². The van der Waals surface area contributed by atoms with Gasteiger partial charge in [0, 0.05) is 0 Å². The summed E-state index contributed by atoms with van der Waals surface area (Å²) < 4.78 is 7.24. The van der Waals surface area contributed by atoms with Gasteiger partial charge in [0.05, 0.1) is 0 Å². The summed E-state index contributed by atoms with van der Waals surface area (Å²) in [5.74, 6) is 0.950. The molecule has 0 saturated heterocycles. The molecule has 0 radical (unpaired) electrons. The first kappa shape index (κ1) is 10.8. The summed E-state index contributed by atoms with van der Waals surface area (Å²) in [6.45, 7) is 4.59. The van der Waals surface area contributed by atoms with Crippen LogP contribution in [0.4, 0.5) is 0 Å². The second-order valence-corrected chi connectivity index (χ2v) is 7.09. The Hall–Kier alpha value is -0.250. The predicted octanol–water partition coefficient (Wildman–Crippen LogP) is -0.135. The molecule has 0 saturated carbocycles. The number of hydrogen-bond donors (Lipinski definition) is 0. The number of ether oxygens (including phenoxy) is 1. The van der Waals surface area contributed by atoms with Gasteiger partial charge in [-0.1, -0.05) is 0 Å². The Bertz CT molecular complexity index is 243. The van der Waals surface area contributed by atoms with Crippen molar-refractivity contribution >= 4 is 0 Å². The van der Waals surface area contributed by atoms with Crippen molar-refractivity contribution in [1.82, 2.24) is 0 Å². The molecular weight excluding hydrogens is 275 g/mol. The molecular formula is C11H16IO-. The molecule has 2 heteroatoms. The quantitative estimate of drug-likeness (QED) is 0.554. The zero-order valence-corrected chi connectivity index (χ0v) is 10.5. The molecule has 0 bridgehead atoms. The summed E-state index contributed by atoms with van der Waals surface area (Å²) in [6.07, 6.45) is 0. The third-order valence-corrected chi connectivity index (χ3v) is 4.88. The van der Waals surface area contributed by atoms with E-state index in [4.69, 9.17) is 4.74 Å². The monoisotopic (exact) mass is 291 g/mol. The fourth-order valence-electron chi connectivity index (χ4n) is 1.19. The SMILES string of the molecule is CC[I-][C@H](C)c1ccc(OC)cc1. The van der Waals surface area contributed by atoms with Crippen molar-refractivity contribution in [2.75, 3.05) is 11.5 Å². The Morgan fingerprint density at radius 1 is 1.31 bits per heavy atom. The van der Waals surface area contributed by atoms with E-state index in [9.17, 15) is 0 Å². The van der Waals surface area contributed by atoms with E-state index in [-0.39, 0.29) is 0 Å². The number of methoxy groups -OCH3 is 1. The van der Waals surface area contributed by atoms with Crippen LogP contribution in [0, 0.1) is 0 Å². The third-order valence-electron chi connectivity index (χ3n) is 1.96. The molecule has 74 valence electrons.